The number of H-pyrrole nitrogens is 1. The summed E-state index contributed by atoms with van der Waals surface area (Å²) in [5.41, 5.74) is 0.441. The number of amides is 1. The highest BCUT2D eigenvalue weighted by Crippen LogP contribution is 2.25. The van der Waals surface area contributed by atoms with E-state index in [1.54, 1.807) is 41.9 Å². The summed E-state index contributed by atoms with van der Waals surface area (Å²) in [6, 6.07) is 11.0. The number of fused-ring (bicyclic) bond motifs is 1. The highest BCUT2D eigenvalue weighted by Gasteiger charge is 2.12. The van der Waals surface area contributed by atoms with Gasteiger partial charge in [0.1, 0.15) is 5.82 Å². The van der Waals surface area contributed by atoms with E-state index in [1.165, 1.54) is 11.3 Å². The van der Waals surface area contributed by atoms with Gasteiger partial charge < -0.3 is 9.88 Å². The van der Waals surface area contributed by atoms with Gasteiger partial charge in [-0.05, 0) is 24.3 Å². The minimum atomic E-state index is -0.189. The van der Waals surface area contributed by atoms with E-state index < -0.39 is 0 Å². The Labute approximate surface area is 158 Å². The molecule has 1 amide bonds. The molecule has 0 saturated carbocycles. The molecule has 130 valence electrons. The third-order valence-electron chi connectivity index (χ3n) is 3.57. The number of nitrogens with zero attached hydrogens (tertiary/aromatic N) is 2. The van der Waals surface area contributed by atoms with Crippen LogP contribution >= 0.6 is 34.7 Å². The zero-order valence-corrected chi connectivity index (χ0v) is 15.9. The maximum atomic E-state index is 12.3. The molecule has 2 aromatic heterocycles. The van der Waals surface area contributed by atoms with Crippen molar-refractivity contribution in [2.24, 2.45) is 0 Å². The van der Waals surface area contributed by atoms with Crippen LogP contribution < -0.4 is 5.56 Å². The number of aromatic amines is 1. The number of thiophene rings is 1. The van der Waals surface area contributed by atoms with Gasteiger partial charge in [-0.25, -0.2) is 4.98 Å². The van der Waals surface area contributed by atoms with Gasteiger partial charge in [0, 0.05) is 17.7 Å². The molecule has 3 aromatic rings. The predicted octanol–water partition coefficient (Wildman–Crippen LogP) is 3.53. The van der Waals surface area contributed by atoms with Crippen molar-refractivity contribution in [1.82, 2.24) is 14.9 Å². The number of carbonyl (C=O) groups excluding carboxylic acids is 1. The summed E-state index contributed by atoms with van der Waals surface area (Å²) in [6.07, 6.45) is 0. The topological polar surface area (TPSA) is 66.1 Å². The molecular formula is C17H16ClN3O2S2. The quantitative estimate of drug-likeness (QED) is 0.695. The molecule has 0 unspecified atom stereocenters. The Morgan fingerprint density at radius 1 is 1.32 bits per heavy atom. The SMILES string of the molecule is CN(Cc1nc2ccccc2c(=O)[nH]1)C(=O)CSCc1ccc(Cl)s1. The van der Waals surface area contributed by atoms with Crippen molar-refractivity contribution < 1.29 is 4.79 Å². The highest BCUT2D eigenvalue weighted by molar-refractivity contribution is 7.99. The molecule has 0 bridgehead atoms. The second kappa shape index (κ2) is 8.03. The van der Waals surface area contributed by atoms with E-state index >= 15 is 0 Å². The average molecular weight is 394 g/mol. The van der Waals surface area contributed by atoms with Crippen LogP contribution in [0.1, 0.15) is 10.7 Å². The summed E-state index contributed by atoms with van der Waals surface area (Å²) in [7, 11) is 1.71. The van der Waals surface area contributed by atoms with E-state index in [0.717, 1.165) is 15.0 Å². The summed E-state index contributed by atoms with van der Waals surface area (Å²) in [4.78, 5) is 34.2. The van der Waals surface area contributed by atoms with Crippen molar-refractivity contribution in [2.75, 3.05) is 12.8 Å². The first-order valence-corrected chi connectivity index (χ1v) is 9.91. The Hall–Kier alpha value is -1.83. The zero-order chi connectivity index (χ0) is 17.8. The minimum absolute atomic E-state index is 0.0107. The van der Waals surface area contributed by atoms with Crippen LogP contribution in [-0.4, -0.2) is 33.6 Å². The van der Waals surface area contributed by atoms with Crippen LogP contribution in [-0.2, 0) is 17.1 Å². The van der Waals surface area contributed by atoms with Crippen molar-refractivity contribution in [3.05, 3.63) is 61.8 Å². The molecule has 25 heavy (non-hydrogen) atoms. The number of nitrogens with one attached hydrogen (secondary N) is 1. The molecule has 8 heteroatoms. The number of halogens is 1. The molecule has 3 rings (SSSR count). The lowest BCUT2D eigenvalue weighted by atomic mass is 10.2. The van der Waals surface area contributed by atoms with Gasteiger partial charge >= 0.3 is 0 Å². The number of carbonyl (C=O) groups is 1. The number of para-hydroxylation sites is 1. The molecular weight excluding hydrogens is 378 g/mol. The second-order valence-electron chi connectivity index (χ2n) is 5.48. The number of aromatic nitrogens is 2. The van der Waals surface area contributed by atoms with Gasteiger partial charge in [0.25, 0.3) is 5.56 Å². The van der Waals surface area contributed by atoms with E-state index in [1.807, 2.05) is 18.2 Å². The zero-order valence-electron chi connectivity index (χ0n) is 13.5. The Morgan fingerprint density at radius 2 is 2.12 bits per heavy atom. The summed E-state index contributed by atoms with van der Waals surface area (Å²) in [5, 5.41) is 0.547. The number of rotatable bonds is 6. The average Bonchev–Trinajstić information content (AvgIpc) is 3.00. The van der Waals surface area contributed by atoms with Crippen LogP contribution in [0.15, 0.2) is 41.2 Å². The number of hydrogen-bond donors (Lipinski definition) is 1. The molecule has 0 aliphatic rings. The Balaban J connectivity index is 1.58. The fourth-order valence-electron chi connectivity index (χ4n) is 2.30. The van der Waals surface area contributed by atoms with E-state index in [-0.39, 0.29) is 18.0 Å². The Bertz CT molecular complexity index is 954. The molecule has 2 heterocycles. The number of thioether (sulfide) groups is 1. The molecule has 0 spiro atoms. The summed E-state index contributed by atoms with van der Waals surface area (Å²) in [5.74, 6) is 1.59. The smallest absolute Gasteiger partial charge is 0.258 e. The summed E-state index contributed by atoms with van der Waals surface area (Å²) < 4.78 is 0.755. The molecule has 0 aliphatic heterocycles. The predicted molar refractivity (Wildman–Crippen MR) is 104 cm³/mol. The van der Waals surface area contributed by atoms with Crippen molar-refractivity contribution in [3.8, 4) is 0 Å². The standard InChI is InChI=1S/C17H16ClN3O2S2/c1-21(16(22)10-24-9-11-6-7-14(18)25-11)8-15-19-13-5-3-2-4-12(13)17(23)20-15/h2-7H,8-10H2,1H3,(H,19,20,23). The van der Waals surface area contributed by atoms with E-state index in [9.17, 15) is 9.59 Å². The summed E-state index contributed by atoms with van der Waals surface area (Å²) >= 11 is 8.96. The summed E-state index contributed by atoms with van der Waals surface area (Å²) in [6.45, 7) is 0.268. The molecule has 0 saturated heterocycles. The van der Waals surface area contributed by atoms with Gasteiger partial charge in [0.2, 0.25) is 5.91 Å². The van der Waals surface area contributed by atoms with Gasteiger partial charge in [0.15, 0.2) is 0 Å². The molecule has 0 radical (unpaired) electrons. The first-order valence-electron chi connectivity index (χ1n) is 7.57. The minimum Gasteiger partial charge on any atom is -0.338 e. The van der Waals surface area contributed by atoms with E-state index in [0.29, 0.717) is 22.5 Å². The van der Waals surface area contributed by atoms with Crippen molar-refractivity contribution in [1.29, 1.82) is 0 Å². The molecule has 5 nitrogen and oxygen atoms in total. The molecule has 1 aromatic carbocycles. The normalized spacial score (nSPS) is 11.0. The van der Waals surface area contributed by atoms with Gasteiger partial charge in [0.05, 0.1) is 27.5 Å². The van der Waals surface area contributed by atoms with Gasteiger partial charge in [-0.3, -0.25) is 9.59 Å². The van der Waals surface area contributed by atoms with E-state index in [4.69, 9.17) is 11.6 Å². The third kappa shape index (κ3) is 4.62. The second-order valence-corrected chi connectivity index (χ2v) is 8.26. The maximum Gasteiger partial charge on any atom is 0.258 e. The van der Waals surface area contributed by atoms with Crippen LogP contribution in [0.25, 0.3) is 10.9 Å². The van der Waals surface area contributed by atoms with Crippen LogP contribution in [0.2, 0.25) is 4.34 Å². The van der Waals surface area contributed by atoms with Crippen LogP contribution in [0.5, 0.6) is 0 Å². The first kappa shape index (κ1) is 18.0. The molecule has 0 aliphatic carbocycles. The lowest BCUT2D eigenvalue weighted by Crippen LogP contribution is -2.29. The van der Waals surface area contributed by atoms with Gasteiger partial charge in [-0.1, -0.05) is 23.7 Å². The monoisotopic (exact) mass is 393 g/mol. The lowest BCUT2D eigenvalue weighted by Gasteiger charge is -2.16. The van der Waals surface area contributed by atoms with Gasteiger partial charge in [-0.15, -0.1) is 23.1 Å². The van der Waals surface area contributed by atoms with Crippen molar-refractivity contribution >= 4 is 51.5 Å². The lowest BCUT2D eigenvalue weighted by molar-refractivity contribution is -0.127. The van der Waals surface area contributed by atoms with Crippen LogP contribution in [0.3, 0.4) is 0 Å². The third-order valence-corrected chi connectivity index (χ3v) is 5.95. The van der Waals surface area contributed by atoms with Crippen LogP contribution in [0.4, 0.5) is 0 Å². The largest absolute Gasteiger partial charge is 0.338 e. The molecule has 0 atom stereocenters. The van der Waals surface area contributed by atoms with Crippen molar-refractivity contribution in [2.45, 2.75) is 12.3 Å². The fraction of sp³-hybridized carbons (Fsp3) is 0.235. The molecule has 1 N–H and O–H groups in total. The van der Waals surface area contributed by atoms with Gasteiger partial charge in [-0.2, -0.15) is 0 Å². The maximum absolute atomic E-state index is 12.3. The molecule has 0 fully saturated rings. The Morgan fingerprint density at radius 3 is 2.88 bits per heavy atom. The first-order chi connectivity index (χ1) is 12.0. The van der Waals surface area contributed by atoms with Crippen LogP contribution in [0, 0.1) is 0 Å². The van der Waals surface area contributed by atoms with E-state index in [2.05, 4.69) is 9.97 Å². The number of hydrogen-bond acceptors (Lipinski definition) is 5. The Kier molecular flexibility index (Phi) is 5.78. The highest BCUT2D eigenvalue weighted by atomic mass is 35.5. The van der Waals surface area contributed by atoms with Crippen molar-refractivity contribution in [3.63, 3.8) is 0 Å². The fourth-order valence-corrected chi connectivity index (χ4v) is 4.46. The number of benzene rings is 1.